The van der Waals surface area contributed by atoms with Gasteiger partial charge in [-0.25, -0.2) is 19.6 Å². The van der Waals surface area contributed by atoms with Gasteiger partial charge in [0.15, 0.2) is 11.5 Å². The Labute approximate surface area is 759 Å². The van der Waals surface area contributed by atoms with Crippen molar-refractivity contribution >= 4 is 88.2 Å². The van der Waals surface area contributed by atoms with Gasteiger partial charge in [0, 0.05) is 40.4 Å². The molecule has 0 fully saturated rings. The van der Waals surface area contributed by atoms with E-state index in [2.05, 4.69) is 16.2 Å². The summed E-state index contributed by atoms with van der Waals surface area (Å²) >= 11 is 26.7. The third-order valence-electron chi connectivity index (χ3n) is 19.3. The van der Waals surface area contributed by atoms with Crippen LogP contribution >= 0.6 is 46.4 Å². The summed E-state index contributed by atoms with van der Waals surface area (Å²) in [4.78, 5) is 111. The summed E-state index contributed by atoms with van der Waals surface area (Å²) in [6.07, 6.45) is -2.24. The molecule has 0 saturated carbocycles. The van der Waals surface area contributed by atoms with Crippen LogP contribution in [0, 0.1) is 0 Å². The number of quaternary nitrogens is 1. The monoisotopic (exact) mass is 1790 g/mol. The first-order valence-electron chi connectivity index (χ1n) is 40.9. The van der Waals surface area contributed by atoms with Gasteiger partial charge in [-0.15, -0.1) is 9.66 Å². The van der Waals surface area contributed by atoms with Crippen LogP contribution in [0.5, 0.6) is 40.2 Å². The Balaban J connectivity index is 0.000000408. The van der Waals surface area contributed by atoms with E-state index in [1.807, 2.05) is 213 Å². The first-order valence-corrected chi connectivity index (χ1v) is 42.4. The molecule has 23 nitrogen and oxygen atoms in total. The normalized spacial score (nSPS) is 11.4. The Hall–Kier alpha value is -13.6. The second kappa shape index (κ2) is 44.9. The minimum atomic E-state index is -1.38. The Kier molecular flexibility index (Phi) is 33.3. The number of urea groups is 2. The third kappa shape index (κ3) is 26.1. The van der Waals surface area contributed by atoms with Gasteiger partial charge in [0.25, 0.3) is 11.8 Å². The van der Waals surface area contributed by atoms with Crippen LogP contribution in [0.15, 0.2) is 285 Å². The van der Waals surface area contributed by atoms with Gasteiger partial charge in [0.1, 0.15) is 55.1 Å². The average Bonchev–Trinajstić information content (AvgIpc) is 0.742. The molecule has 0 saturated heterocycles. The molecule has 656 valence electrons. The number of hydrogen-bond donors (Lipinski definition) is 3. The predicted octanol–water partition coefficient (Wildman–Crippen LogP) is 22.5. The van der Waals surface area contributed by atoms with E-state index in [-0.39, 0.29) is 99.7 Å². The number of hydrazine groups is 2. The van der Waals surface area contributed by atoms with Crippen molar-refractivity contribution in [3.05, 3.63) is 361 Å². The lowest BCUT2D eigenvalue weighted by Gasteiger charge is -2.41. The number of hydroxylamine groups is 2. The Bertz CT molecular complexity index is 5700. The van der Waals surface area contributed by atoms with Gasteiger partial charge >= 0.3 is 30.0 Å². The maximum Gasteiger partial charge on any atom is 0.567 e. The lowest BCUT2D eigenvalue weighted by molar-refractivity contribution is -0.971. The van der Waals surface area contributed by atoms with Gasteiger partial charge in [-0.3, -0.25) is 34.9 Å². The highest BCUT2D eigenvalue weighted by Gasteiger charge is 2.54. The molecule has 0 aliphatic heterocycles. The lowest BCUT2D eigenvalue weighted by Crippen LogP contribution is -2.67. The number of methoxy groups -OCH3 is 1. The Morgan fingerprint density at radius 1 is 0.362 bits per heavy atom. The first kappa shape index (κ1) is 94.1. The number of ether oxygens (including phenoxy) is 7. The maximum atomic E-state index is 16.6. The van der Waals surface area contributed by atoms with E-state index in [0.29, 0.717) is 55.3 Å². The van der Waals surface area contributed by atoms with E-state index >= 15 is 19.2 Å². The number of nitrogens with zero attached hydrogens (tertiary/aromatic N) is 5. The van der Waals surface area contributed by atoms with Crippen LogP contribution in [0.2, 0.25) is 20.1 Å². The summed E-state index contributed by atoms with van der Waals surface area (Å²) in [5.74, 6) is -0.892. The molecule has 1 unspecified atom stereocenters. The van der Waals surface area contributed by atoms with Gasteiger partial charge < -0.3 is 38.5 Å². The fraction of sp³-hybridized carbons (Fsp3) is 0.210. The Morgan fingerprint density at radius 2 is 0.709 bits per heavy atom. The van der Waals surface area contributed by atoms with E-state index in [9.17, 15) is 14.4 Å². The maximum absolute atomic E-state index is 16.6. The van der Waals surface area contributed by atoms with E-state index in [1.165, 1.54) is 79.8 Å². The van der Waals surface area contributed by atoms with E-state index < -0.39 is 59.5 Å². The number of carbonyl (C=O) groups excluding carboxylic acids is 7. The van der Waals surface area contributed by atoms with Crippen molar-refractivity contribution in [3.63, 3.8) is 0 Å². The molecular weight excluding hydrogens is 1690 g/mol. The van der Waals surface area contributed by atoms with Crippen LogP contribution in [0.3, 0.4) is 0 Å². The van der Waals surface area contributed by atoms with E-state index in [4.69, 9.17) is 84.4 Å². The van der Waals surface area contributed by atoms with E-state index in [1.54, 1.807) is 66.7 Å². The average molecular weight is 1790 g/mol. The summed E-state index contributed by atoms with van der Waals surface area (Å²) in [6.45, 7) is 14.0. The van der Waals surface area contributed by atoms with E-state index in [0.717, 1.165) is 56.0 Å². The fourth-order valence-electron chi connectivity index (χ4n) is 13.2. The molecule has 12 aromatic carbocycles. The van der Waals surface area contributed by atoms with Crippen molar-refractivity contribution < 1.29 is 76.1 Å². The number of imide groups is 1. The van der Waals surface area contributed by atoms with Crippen LogP contribution < -0.4 is 49.3 Å². The van der Waals surface area contributed by atoms with Crippen LogP contribution in [0.4, 0.5) is 14.4 Å². The molecular formula is C100H99Cl4N8O15+. The molecule has 0 radical (unpaired) electrons. The van der Waals surface area contributed by atoms with Crippen molar-refractivity contribution in [1.82, 2.24) is 36.3 Å². The van der Waals surface area contributed by atoms with Gasteiger partial charge in [0.05, 0.1) is 71.8 Å². The van der Waals surface area contributed by atoms with Gasteiger partial charge in [-0.1, -0.05) is 233 Å². The highest BCUT2D eigenvalue weighted by Crippen LogP contribution is 2.39. The van der Waals surface area contributed by atoms with Crippen molar-refractivity contribution in [3.8, 4) is 62.5 Å². The summed E-state index contributed by atoms with van der Waals surface area (Å²) < 4.78 is 40.3. The summed E-state index contributed by atoms with van der Waals surface area (Å²) in [7, 11) is 4.12. The summed E-state index contributed by atoms with van der Waals surface area (Å²) in [5, 5.41) is 6.59. The smallest absolute Gasteiger partial charge is 0.493 e. The molecule has 27 heteroatoms. The quantitative estimate of drug-likeness (QED) is 0.0224. The standard InChI is InChI=1S/C75H72Cl3N5O12.C25H26ClN3O3/c1-49(2)92-66-37-31-59(41-63(66)76)71(84)79-81(44-52-26-34-62(35-27-52)90-47-54-18-12-9-13-19-54)74(87)80(7)95-75(88)83(45-53-24-29-58(30-25-53)57-22-16-11-17-23-57,46-56-28-36-69(70(40-56)89-8)91-48-55-20-14-10-15-21-55)82(72(85)60-32-38-67(64(77)42-60)93-50(3)4)73(86)61-33-39-68(65(78)43-61)94-51(5)6;1-17(2)32-23-14-13-21(15-22(23)26)24(30)28-29(25(31)27-3)16-18-9-11-20(12-10-18)19-7-5-4-6-8-19/h9-43,49-51H,44-48H2,1-8H3;4-15,17H,16H2,1-3H3,(H,27,31)(H,28,30)/p+1. The molecule has 0 aliphatic rings. The highest BCUT2D eigenvalue weighted by molar-refractivity contribution is 6.34. The molecule has 12 aromatic rings. The van der Waals surface area contributed by atoms with Crippen molar-refractivity contribution in [2.45, 2.75) is 119 Å². The third-order valence-corrected chi connectivity index (χ3v) is 20.5. The van der Waals surface area contributed by atoms with Crippen LogP contribution in [0.1, 0.15) is 130 Å². The first-order chi connectivity index (χ1) is 61.0. The molecule has 127 heavy (non-hydrogen) atoms. The van der Waals surface area contributed by atoms with Crippen LogP contribution in [-0.4, -0.2) is 112 Å². The topological polar surface area (TPSA) is 242 Å². The SMILES string of the molecule is CNC(=O)N(Cc1ccc(-c2ccccc2)cc1)NC(=O)c1ccc(OC(C)C)c(Cl)c1.COc1cc(C[N+](Cc2ccc(-c3ccccc3)cc2)(C(=O)ON(C)C(=O)N(Cc2ccc(OCc3ccccc3)cc2)NC(=O)c2ccc(OC(C)C)c(Cl)c2)N(C(=O)c2ccc(OC(C)C)c(Cl)c2)C(=O)c2ccc(OC(C)C)c(Cl)c2)ccc1OCc1ccccc1. The molecule has 0 spiro atoms. The molecule has 0 aromatic heterocycles. The largest absolute Gasteiger partial charge is 0.567 e. The second-order valence-electron chi connectivity index (χ2n) is 30.5. The number of benzene rings is 12. The molecule has 0 heterocycles. The summed E-state index contributed by atoms with van der Waals surface area (Å²) in [6, 6.07) is 81.7. The van der Waals surface area contributed by atoms with Crippen molar-refractivity contribution in [2.24, 2.45) is 0 Å². The van der Waals surface area contributed by atoms with Crippen molar-refractivity contribution in [2.75, 3.05) is 21.2 Å². The zero-order valence-electron chi connectivity index (χ0n) is 72.1. The van der Waals surface area contributed by atoms with Crippen molar-refractivity contribution in [1.29, 1.82) is 0 Å². The molecule has 12 rings (SSSR count). The summed E-state index contributed by atoms with van der Waals surface area (Å²) in [5.41, 5.74) is 13.2. The number of nitrogens with one attached hydrogen (secondary N) is 3. The number of carbonyl (C=O) groups is 7. The number of hydrogen-bond acceptors (Lipinski definition) is 15. The molecule has 0 bridgehead atoms. The Morgan fingerprint density at radius 3 is 1.12 bits per heavy atom. The van der Waals surface area contributed by atoms with Gasteiger partial charge in [0.2, 0.25) is 0 Å². The van der Waals surface area contributed by atoms with Gasteiger partial charge in [-0.05, 0) is 203 Å². The minimum Gasteiger partial charge on any atom is -0.493 e. The fourth-order valence-corrected chi connectivity index (χ4v) is 14.1. The molecule has 0 aliphatic carbocycles. The predicted molar refractivity (Wildman–Crippen MR) is 492 cm³/mol. The molecule has 1 atom stereocenters. The number of halogens is 4. The second-order valence-corrected chi connectivity index (χ2v) is 32.1. The lowest BCUT2D eigenvalue weighted by atomic mass is 10.0. The number of rotatable bonds is 29. The van der Waals surface area contributed by atoms with Crippen LogP contribution in [-0.2, 0) is 44.2 Å². The molecule has 9 amide bonds. The van der Waals surface area contributed by atoms with Gasteiger partial charge in [-0.2, -0.15) is 4.79 Å². The highest BCUT2D eigenvalue weighted by atomic mass is 35.5. The number of amides is 9. The minimum absolute atomic E-state index is 0.0205. The zero-order chi connectivity index (χ0) is 90.8. The zero-order valence-corrected chi connectivity index (χ0v) is 75.1. The molecule has 3 N–H and O–H groups in total. The van der Waals surface area contributed by atoms with Crippen LogP contribution in [0.25, 0.3) is 22.3 Å².